The van der Waals surface area contributed by atoms with Crippen molar-refractivity contribution in [3.8, 4) is 0 Å². The van der Waals surface area contributed by atoms with Crippen LogP contribution < -0.4 is 5.32 Å². The molecule has 0 aromatic heterocycles. The Bertz CT molecular complexity index is 795. The maximum Gasteiger partial charge on any atom is 0.220 e. The van der Waals surface area contributed by atoms with Gasteiger partial charge in [-0.25, -0.2) is 0 Å². The summed E-state index contributed by atoms with van der Waals surface area (Å²) in [4.78, 5) is 12.4. The summed E-state index contributed by atoms with van der Waals surface area (Å²) >= 11 is 0. The number of rotatable bonds is 46. The largest absolute Gasteiger partial charge is 0.394 e. The summed E-state index contributed by atoms with van der Waals surface area (Å²) in [5, 5.41) is 23.1. The highest BCUT2D eigenvalue weighted by Gasteiger charge is 2.18. The molecule has 0 saturated heterocycles. The molecule has 2 unspecified atom stereocenters. The van der Waals surface area contributed by atoms with Crippen LogP contribution in [0.15, 0.2) is 24.3 Å². The van der Waals surface area contributed by atoms with E-state index in [1.54, 1.807) is 6.08 Å². The first-order valence-corrected chi connectivity index (χ1v) is 25.1. The molecule has 0 rings (SSSR count). The molecule has 0 radical (unpaired) electrons. The Morgan fingerprint density at radius 1 is 0.418 bits per heavy atom. The second-order valence-corrected chi connectivity index (χ2v) is 17.2. The number of nitrogens with one attached hydrogen (secondary N) is 1. The molecule has 326 valence electrons. The molecule has 0 aromatic rings. The highest BCUT2D eigenvalue weighted by molar-refractivity contribution is 5.76. The monoisotopic (exact) mass is 774 g/mol. The number of aliphatic hydroxyl groups excluding tert-OH is 2. The van der Waals surface area contributed by atoms with E-state index in [4.69, 9.17) is 0 Å². The van der Waals surface area contributed by atoms with Crippen LogP contribution in [0.4, 0.5) is 0 Å². The topological polar surface area (TPSA) is 69.6 Å². The third kappa shape index (κ3) is 43.8. The maximum atomic E-state index is 12.4. The average Bonchev–Trinajstić information content (AvgIpc) is 3.19. The number of unbranched alkanes of at least 4 members (excludes halogenated alkanes) is 37. The predicted molar refractivity (Wildman–Crippen MR) is 244 cm³/mol. The Morgan fingerprint density at radius 3 is 1.00 bits per heavy atom. The average molecular weight is 774 g/mol. The molecule has 0 aliphatic rings. The van der Waals surface area contributed by atoms with Crippen molar-refractivity contribution in [3.63, 3.8) is 0 Å². The van der Waals surface area contributed by atoms with Gasteiger partial charge in [0.1, 0.15) is 0 Å². The smallest absolute Gasteiger partial charge is 0.220 e. The van der Waals surface area contributed by atoms with Crippen molar-refractivity contribution < 1.29 is 15.0 Å². The van der Waals surface area contributed by atoms with E-state index in [9.17, 15) is 15.0 Å². The molecule has 0 heterocycles. The van der Waals surface area contributed by atoms with Crippen molar-refractivity contribution in [2.45, 2.75) is 289 Å². The number of hydrogen-bond acceptors (Lipinski definition) is 3. The van der Waals surface area contributed by atoms with E-state index in [0.29, 0.717) is 6.42 Å². The van der Waals surface area contributed by atoms with E-state index >= 15 is 0 Å². The van der Waals surface area contributed by atoms with Crippen molar-refractivity contribution in [1.29, 1.82) is 0 Å². The summed E-state index contributed by atoms with van der Waals surface area (Å²) in [5.41, 5.74) is 0. The van der Waals surface area contributed by atoms with Crippen LogP contribution in [-0.2, 0) is 4.79 Å². The predicted octanol–water partition coefficient (Wildman–Crippen LogP) is 16.0. The van der Waals surface area contributed by atoms with Crippen LogP contribution in [0.2, 0.25) is 0 Å². The Hall–Kier alpha value is -1.13. The maximum absolute atomic E-state index is 12.4. The van der Waals surface area contributed by atoms with Gasteiger partial charge in [-0.1, -0.05) is 250 Å². The normalized spacial score (nSPS) is 13.0. The Labute approximate surface area is 345 Å². The molecule has 1 amide bonds. The Balaban J connectivity index is 3.51. The first-order valence-electron chi connectivity index (χ1n) is 25.1. The van der Waals surface area contributed by atoms with E-state index in [1.807, 2.05) is 6.08 Å². The zero-order valence-electron chi connectivity index (χ0n) is 37.5. The Morgan fingerprint density at radius 2 is 0.691 bits per heavy atom. The van der Waals surface area contributed by atoms with Crippen LogP contribution in [0.1, 0.15) is 277 Å². The van der Waals surface area contributed by atoms with Crippen molar-refractivity contribution >= 4 is 5.91 Å². The fourth-order valence-electron chi connectivity index (χ4n) is 7.82. The lowest BCUT2D eigenvalue weighted by Crippen LogP contribution is -2.45. The van der Waals surface area contributed by atoms with Gasteiger partial charge in [-0.3, -0.25) is 4.79 Å². The number of aliphatic hydroxyl groups is 2. The van der Waals surface area contributed by atoms with E-state index in [1.165, 1.54) is 231 Å². The molecule has 2 atom stereocenters. The number of allylic oxidation sites excluding steroid dienone is 3. The molecule has 0 spiro atoms. The molecule has 4 heteroatoms. The fourth-order valence-corrected chi connectivity index (χ4v) is 7.82. The van der Waals surface area contributed by atoms with Crippen LogP contribution in [0.5, 0.6) is 0 Å². The molecular formula is C51H99NO3. The van der Waals surface area contributed by atoms with Crippen LogP contribution in [0.25, 0.3) is 0 Å². The minimum atomic E-state index is -0.837. The lowest BCUT2D eigenvalue weighted by atomic mass is 10.0. The minimum absolute atomic E-state index is 0.0611. The molecule has 0 saturated carbocycles. The van der Waals surface area contributed by atoms with Gasteiger partial charge in [0.05, 0.1) is 18.8 Å². The molecule has 0 aliphatic carbocycles. The van der Waals surface area contributed by atoms with E-state index in [2.05, 4.69) is 31.3 Å². The van der Waals surface area contributed by atoms with Gasteiger partial charge < -0.3 is 15.5 Å². The van der Waals surface area contributed by atoms with Gasteiger partial charge in [0, 0.05) is 6.42 Å². The Kier molecular flexibility index (Phi) is 46.3. The summed E-state index contributed by atoms with van der Waals surface area (Å²) in [6.45, 7) is 4.33. The highest BCUT2D eigenvalue weighted by atomic mass is 16.3. The standard InChI is InChI=1S/C51H99NO3/c1-3-5-7-9-11-13-15-17-19-21-23-25-26-27-29-31-33-35-37-39-41-43-45-47-51(55)52-49(48-53)50(54)46-44-42-40-38-36-34-32-30-28-24-22-20-18-16-14-12-10-8-6-4-2/h21,23,44,46,49-50,53-54H,3-20,22,24-43,45,47-48H2,1-2H3,(H,52,55)/b23-21-,46-44+. The third-order valence-electron chi connectivity index (χ3n) is 11.7. The van der Waals surface area contributed by atoms with E-state index in [0.717, 1.165) is 25.7 Å². The van der Waals surface area contributed by atoms with Gasteiger partial charge in [-0.05, 0) is 44.9 Å². The summed E-state index contributed by atoms with van der Waals surface area (Å²) in [5.74, 6) is -0.0611. The lowest BCUT2D eigenvalue weighted by molar-refractivity contribution is -0.123. The van der Waals surface area contributed by atoms with Crippen LogP contribution in [0.3, 0.4) is 0 Å². The molecule has 0 aromatic carbocycles. The van der Waals surface area contributed by atoms with Crippen LogP contribution in [0, 0.1) is 0 Å². The molecule has 3 N–H and O–H groups in total. The van der Waals surface area contributed by atoms with Crippen molar-refractivity contribution in [1.82, 2.24) is 5.32 Å². The van der Waals surface area contributed by atoms with Gasteiger partial charge in [0.25, 0.3) is 0 Å². The first kappa shape index (κ1) is 53.9. The molecular weight excluding hydrogens is 675 g/mol. The first-order chi connectivity index (χ1) is 27.2. The summed E-state index contributed by atoms with van der Waals surface area (Å²) in [7, 11) is 0. The summed E-state index contributed by atoms with van der Waals surface area (Å²) in [6, 6.07) is -0.620. The quantitative estimate of drug-likeness (QED) is 0.0426. The molecule has 4 nitrogen and oxygen atoms in total. The zero-order valence-corrected chi connectivity index (χ0v) is 37.5. The van der Waals surface area contributed by atoms with Gasteiger partial charge in [0.15, 0.2) is 0 Å². The van der Waals surface area contributed by atoms with Crippen LogP contribution in [-0.4, -0.2) is 34.9 Å². The van der Waals surface area contributed by atoms with Gasteiger partial charge in [-0.15, -0.1) is 0 Å². The third-order valence-corrected chi connectivity index (χ3v) is 11.7. The van der Waals surface area contributed by atoms with E-state index < -0.39 is 12.1 Å². The molecule has 0 aliphatic heterocycles. The van der Waals surface area contributed by atoms with Gasteiger partial charge in [0.2, 0.25) is 5.91 Å². The number of carbonyl (C=O) groups is 1. The number of carbonyl (C=O) groups excluding carboxylic acids is 1. The van der Waals surface area contributed by atoms with Gasteiger partial charge in [-0.2, -0.15) is 0 Å². The summed E-state index contributed by atoms with van der Waals surface area (Å²) in [6.07, 6.45) is 61.6. The molecule has 0 bridgehead atoms. The minimum Gasteiger partial charge on any atom is -0.394 e. The second-order valence-electron chi connectivity index (χ2n) is 17.2. The summed E-state index contributed by atoms with van der Waals surface area (Å²) < 4.78 is 0. The zero-order chi connectivity index (χ0) is 40.0. The highest BCUT2D eigenvalue weighted by Crippen LogP contribution is 2.16. The van der Waals surface area contributed by atoms with Crippen molar-refractivity contribution in [3.05, 3.63) is 24.3 Å². The van der Waals surface area contributed by atoms with Crippen molar-refractivity contribution in [2.75, 3.05) is 6.61 Å². The lowest BCUT2D eigenvalue weighted by Gasteiger charge is -2.20. The SMILES string of the molecule is CCCCCCCCCC/C=C\CCCCCCCCCCCCCC(=O)NC(CO)C(O)/C=C/CCCCCCCCCCCCCCCCCCCC. The number of hydrogen-bond donors (Lipinski definition) is 3. The van der Waals surface area contributed by atoms with Crippen molar-refractivity contribution in [2.24, 2.45) is 0 Å². The van der Waals surface area contributed by atoms with E-state index in [-0.39, 0.29) is 12.5 Å². The van der Waals surface area contributed by atoms with Gasteiger partial charge >= 0.3 is 0 Å². The number of amides is 1. The molecule has 0 fully saturated rings. The van der Waals surface area contributed by atoms with Crippen LogP contribution >= 0.6 is 0 Å². The second kappa shape index (κ2) is 47.2. The fraction of sp³-hybridized carbons (Fsp3) is 0.902. The molecule has 55 heavy (non-hydrogen) atoms.